The number of fused-ring (bicyclic) bond motifs is 1. The summed E-state index contributed by atoms with van der Waals surface area (Å²) in [7, 11) is 1.57. The van der Waals surface area contributed by atoms with Crippen molar-refractivity contribution in [2.24, 2.45) is 0 Å². The molecule has 2 aromatic heterocycles. The van der Waals surface area contributed by atoms with E-state index >= 15 is 0 Å². The third-order valence-corrected chi connectivity index (χ3v) is 6.45. The maximum absolute atomic E-state index is 13.2. The number of nitrogens with zero attached hydrogens (tertiary/aromatic N) is 2. The van der Waals surface area contributed by atoms with Crippen LogP contribution in [0.2, 0.25) is 0 Å². The van der Waals surface area contributed by atoms with Crippen LogP contribution < -0.4 is 10.2 Å². The van der Waals surface area contributed by atoms with Crippen molar-refractivity contribution < 1.29 is 14.7 Å². The van der Waals surface area contributed by atoms with Gasteiger partial charge in [-0.25, -0.2) is 4.98 Å². The predicted molar refractivity (Wildman–Crippen MR) is 126 cm³/mol. The summed E-state index contributed by atoms with van der Waals surface area (Å²) in [6.45, 7) is 0. The zero-order valence-corrected chi connectivity index (χ0v) is 18.0. The van der Waals surface area contributed by atoms with Gasteiger partial charge in [0.2, 0.25) is 0 Å². The highest BCUT2D eigenvalue weighted by Crippen LogP contribution is 2.46. The lowest BCUT2D eigenvalue weighted by Gasteiger charge is -2.26. The van der Waals surface area contributed by atoms with Gasteiger partial charge in [-0.05, 0) is 47.8 Å². The summed E-state index contributed by atoms with van der Waals surface area (Å²) in [6, 6.07) is 21.6. The second-order valence-corrected chi connectivity index (χ2v) is 8.35. The zero-order valence-electron chi connectivity index (χ0n) is 17.1. The van der Waals surface area contributed by atoms with Gasteiger partial charge in [0.25, 0.3) is 11.8 Å². The van der Waals surface area contributed by atoms with E-state index in [1.165, 1.54) is 11.3 Å². The van der Waals surface area contributed by atoms with E-state index in [2.05, 4.69) is 5.32 Å². The second-order valence-electron chi connectivity index (χ2n) is 7.37. The van der Waals surface area contributed by atoms with Crippen molar-refractivity contribution in [1.82, 2.24) is 10.3 Å². The van der Waals surface area contributed by atoms with Crippen LogP contribution in [0.25, 0.3) is 16.5 Å². The average molecular weight is 442 g/mol. The number of anilines is 1. The van der Waals surface area contributed by atoms with Crippen molar-refractivity contribution in [1.29, 1.82) is 0 Å². The van der Waals surface area contributed by atoms with E-state index in [1.807, 2.05) is 53.9 Å². The summed E-state index contributed by atoms with van der Waals surface area (Å²) < 4.78 is 0. The number of rotatable bonds is 4. The quantitative estimate of drug-likeness (QED) is 0.480. The molecule has 158 valence electrons. The fourth-order valence-electron chi connectivity index (χ4n) is 3.98. The van der Waals surface area contributed by atoms with Gasteiger partial charge in [0.15, 0.2) is 5.76 Å². The number of pyridine rings is 1. The first-order valence-corrected chi connectivity index (χ1v) is 10.9. The SMILES string of the molecule is CNC(=O)c1ccc(N2C(=O)C(O)=C(c3ccc4ccccc4n3)[C@@H]2c2cccs2)cc1. The van der Waals surface area contributed by atoms with Crippen molar-refractivity contribution in [3.8, 4) is 0 Å². The first-order chi connectivity index (χ1) is 15.6. The van der Waals surface area contributed by atoms with Gasteiger partial charge in [-0.15, -0.1) is 11.3 Å². The second kappa shape index (κ2) is 7.94. The lowest BCUT2D eigenvalue weighted by Crippen LogP contribution is -2.29. The van der Waals surface area contributed by atoms with E-state index in [4.69, 9.17) is 4.98 Å². The van der Waals surface area contributed by atoms with Crippen LogP contribution in [0.1, 0.15) is 27.0 Å². The Morgan fingerprint density at radius 2 is 1.81 bits per heavy atom. The number of hydrogen-bond acceptors (Lipinski definition) is 5. The van der Waals surface area contributed by atoms with Crippen molar-refractivity contribution in [2.75, 3.05) is 11.9 Å². The minimum absolute atomic E-state index is 0.207. The Morgan fingerprint density at radius 1 is 1.03 bits per heavy atom. The fraction of sp³-hybridized carbons (Fsp3) is 0.0800. The van der Waals surface area contributed by atoms with Gasteiger partial charge in [0.1, 0.15) is 6.04 Å². The molecule has 1 atom stereocenters. The number of hydrogen-bond donors (Lipinski definition) is 2. The Bertz CT molecular complexity index is 1360. The van der Waals surface area contributed by atoms with Crippen molar-refractivity contribution in [2.45, 2.75) is 6.04 Å². The number of thiophene rings is 1. The van der Waals surface area contributed by atoms with Crippen LogP contribution in [-0.2, 0) is 4.79 Å². The Labute approximate surface area is 188 Å². The summed E-state index contributed by atoms with van der Waals surface area (Å²) in [5.41, 5.74) is 2.89. The van der Waals surface area contributed by atoms with Gasteiger partial charge in [-0.1, -0.05) is 30.3 Å². The smallest absolute Gasteiger partial charge is 0.294 e. The first kappa shape index (κ1) is 20.0. The Hall–Kier alpha value is -3.97. The number of amides is 2. The first-order valence-electron chi connectivity index (χ1n) is 10.1. The van der Waals surface area contributed by atoms with Crippen LogP contribution in [0.15, 0.2) is 83.9 Å². The molecule has 0 fully saturated rings. The molecule has 0 bridgehead atoms. The molecule has 6 nitrogen and oxygen atoms in total. The highest BCUT2D eigenvalue weighted by Gasteiger charge is 2.43. The molecule has 32 heavy (non-hydrogen) atoms. The summed E-state index contributed by atoms with van der Waals surface area (Å²) >= 11 is 1.51. The molecule has 1 aliphatic heterocycles. The largest absolute Gasteiger partial charge is 0.503 e. The van der Waals surface area contributed by atoms with E-state index in [-0.39, 0.29) is 11.7 Å². The number of carbonyl (C=O) groups excluding carboxylic acids is 2. The summed E-state index contributed by atoms with van der Waals surface area (Å²) in [5, 5.41) is 16.5. The van der Waals surface area contributed by atoms with Gasteiger partial charge >= 0.3 is 0 Å². The molecular weight excluding hydrogens is 422 g/mol. The summed E-state index contributed by atoms with van der Waals surface area (Å²) in [6.07, 6.45) is 0. The summed E-state index contributed by atoms with van der Waals surface area (Å²) in [5.74, 6) is -1.02. The monoisotopic (exact) mass is 441 g/mol. The molecule has 3 heterocycles. The van der Waals surface area contributed by atoms with E-state index in [0.29, 0.717) is 22.5 Å². The standard InChI is InChI=1S/C25H19N3O3S/c1-26-24(30)16-8-11-17(12-9-16)28-22(20-7-4-14-32-20)21(23(29)25(28)31)19-13-10-15-5-2-3-6-18(15)27-19/h2-14,22,29H,1H3,(H,26,30)/t22-/m0/s1. The summed E-state index contributed by atoms with van der Waals surface area (Å²) in [4.78, 5) is 32.4. The van der Waals surface area contributed by atoms with E-state index in [1.54, 1.807) is 36.2 Å². The minimum atomic E-state index is -0.526. The van der Waals surface area contributed by atoms with Crippen molar-refractivity contribution in [3.05, 3.63) is 100 Å². The molecule has 0 radical (unpaired) electrons. The molecule has 0 saturated carbocycles. The molecule has 5 rings (SSSR count). The van der Waals surface area contributed by atoms with E-state index < -0.39 is 11.9 Å². The van der Waals surface area contributed by atoms with Gasteiger partial charge < -0.3 is 10.4 Å². The number of aliphatic hydroxyl groups is 1. The van der Waals surface area contributed by atoms with Crippen LogP contribution in [0, 0.1) is 0 Å². The normalized spacial score (nSPS) is 16.1. The van der Waals surface area contributed by atoms with Crippen LogP contribution >= 0.6 is 11.3 Å². The lowest BCUT2D eigenvalue weighted by atomic mass is 10.0. The van der Waals surface area contributed by atoms with Gasteiger partial charge in [-0.3, -0.25) is 14.5 Å². The predicted octanol–water partition coefficient (Wildman–Crippen LogP) is 4.71. The van der Waals surface area contributed by atoms with Crippen LogP contribution in [-0.4, -0.2) is 29.0 Å². The highest BCUT2D eigenvalue weighted by molar-refractivity contribution is 7.10. The Balaban J connectivity index is 1.63. The number of carbonyl (C=O) groups is 2. The molecule has 4 aromatic rings. The molecule has 1 aliphatic rings. The fourth-order valence-corrected chi connectivity index (χ4v) is 4.81. The number of benzene rings is 2. The van der Waals surface area contributed by atoms with Crippen molar-refractivity contribution in [3.63, 3.8) is 0 Å². The van der Waals surface area contributed by atoms with Crippen molar-refractivity contribution >= 4 is 45.3 Å². The Morgan fingerprint density at radius 3 is 2.53 bits per heavy atom. The number of aliphatic hydroxyl groups excluding tert-OH is 1. The molecule has 0 spiro atoms. The van der Waals surface area contributed by atoms with Gasteiger partial charge in [-0.2, -0.15) is 0 Å². The molecular formula is C25H19N3O3S. The minimum Gasteiger partial charge on any atom is -0.503 e. The molecule has 0 saturated heterocycles. The lowest BCUT2D eigenvalue weighted by molar-refractivity contribution is -0.117. The molecule has 7 heteroatoms. The van der Waals surface area contributed by atoms with Gasteiger partial charge in [0, 0.05) is 28.6 Å². The van der Waals surface area contributed by atoms with Gasteiger partial charge in [0.05, 0.1) is 16.8 Å². The van der Waals surface area contributed by atoms with Crippen LogP contribution in [0.5, 0.6) is 0 Å². The van der Waals surface area contributed by atoms with E-state index in [9.17, 15) is 14.7 Å². The maximum atomic E-state index is 13.2. The maximum Gasteiger partial charge on any atom is 0.294 e. The third kappa shape index (κ3) is 3.23. The van der Waals surface area contributed by atoms with E-state index in [0.717, 1.165) is 15.8 Å². The average Bonchev–Trinajstić information content (AvgIpc) is 3.45. The molecule has 0 aliphatic carbocycles. The molecule has 2 N–H and O–H groups in total. The third-order valence-electron chi connectivity index (χ3n) is 5.53. The molecule has 0 unspecified atom stereocenters. The highest BCUT2D eigenvalue weighted by atomic mass is 32.1. The van der Waals surface area contributed by atoms with Crippen LogP contribution in [0.3, 0.4) is 0 Å². The molecule has 2 amide bonds. The number of aromatic nitrogens is 1. The number of para-hydroxylation sites is 1. The zero-order chi connectivity index (χ0) is 22.2. The Kier molecular flexibility index (Phi) is 4.95. The number of nitrogens with one attached hydrogen (secondary N) is 1. The topological polar surface area (TPSA) is 82.5 Å². The molecule has 2 aromatic carbocycles. The van der Waals surface area contributed by atoms with Crippen LogP contribution in [0.4, 0.5) is 5.69 Å².